The van der Waals surface area contributed by atoms with Crippen LogP contribution in [0, 0.1) is 0 Å². The number of carbonyl (C=O) groups excluding carboxylic acids is 1. The Labute approximate surface area is 349 Å². The average Bonchev–Trinajstić information content (AvgIpc) is 3.11. The molecule has 2 aliphatic rings. The Morgan fingerprint density at radius 2 is 0.965 bits per heavy atom. The SMILES string of the molecule is C.C.CC(=O)N1c2ccc(N(C)C)cc2Sc2cc(N(C)C)ccc21.CCS(=O)(=O)[O-].CCS(=O)(=O)[O-].C[NH+](C)c1ccc2c(c1)Sc1cc([NH+](C)C)ccc1N2. The van der Waals surface area contributed by atoms with Crippen molar-refractivity contribution in [1.29, 1.82) is 0 Å². The third-order valence-electron chi connectivity index (χ3n) is 8.25. The summed E-state index contributed by atoms with van der Waals surface area (Å²) < 4.78 is 56.7. The molecule has 0 radical (unpaired) electrons. The molecule has 4 aromatic carbocycles. The maximum absolute atomic E-state index is 12.3. The minimum absolute atomic E-state index is 0. The highest BCUT2D eigenvalue weighted by Crippen LogP contribution is 2.50. The van der Waals surface area contributed by atoms with Gasteiger partial charge in [-0.25, -0.2) is 16.8 Å². The van der Waals surface area contributed by atoms with E-state index in [1.807, 2.05) is 52.1 Å². The number of nitrogens with zero attached hydrogens (tertiary/aromatic N) is 3. The zero-order chi connectivity index (χ0) is 41.4. The molecule has 0 saturated heterocycles. The monoisotopic (exact) mass is 864 g/mol. The molecule has 0 fully saturated rings. The number of carbonyl (C=O) groups is 1. The van der Waals surface area contributed by atoms with Gasteiger partial charge in [0.05, 0.1) is 71.2 Å². The molecule has 0 atom stereocenters. The fourth-order valence-electron chi connectivity index (χ4n) is 4.99. The van der Waals surface area contributed by atoms with Crippen LogP contribution in [0.5, 0.6) is 0 Å². The van der Waals surface area contributed by atoms with Crippen molar-refractivity contribution in [3.63, 3.8) is 0 Å². The van der Waals surface area contributed by atoms with E-state index in [2.05, 4.69) is 104 Å². The van der Waals surface area contributed by atoms with Crippen LogP contribution in [0.2, 0.25) is 0 Å². The molecule has 0 spiro atoms. The molecule has 3 N–H and O–H groups in total. The molecule has 6 rings (SSSR count). The number of quaternary nitrogens is 2. The van der Waals surface area contributed by atoms with Gasteiger partial charge in [0, 0.05) is 102 Å². The molecular formula is C40H60N6O7S4. The summed E-state index contributed by atoms with van der Waals surface area (Å²) in [5, 5.41) is 3.53. The van der Waals surface area contributed by atoms with Gasteiger partial charge in [-0.3, -0.25) is 9.69 Å². The molecule has 1 amide bonds. The molecule has 0 saturated carbocycles. The molecule has 4 aromatic rings. The topological polar surface area (TPSA) is 162 Å². The van der Waals surface area contributed by atoms with E-state index in [1.165, 1.54) is 56.2 Å². The number of anilines is 6. The Balaban J connectivity index is 0.000000435. The van der Waals surface area contributed by atoms with E-state index in [1.54, 1.807) is 23.6 Å². The predicted molar refractivity (Wildman–Crippen MR) is 238 cm³/mol. The van der Waals surface area contributed by atoms with Crippen LogP contribution in [0.1, 0.15) is 35.6 Å². The van der Waals surface area contributed by atoms with E-state index in [9.17, 15) is 30.7 Å². The second-order valence-electron chi connectivity index (χ2n) is 13.4. The first-order chi connectivity index (χ1) is 25.5. The maximum Gasteiger partial charge on any atom is 0.228 e. The van der Waals surface area contributed by atoms with E-state index >= 15 is 0 Å². The van der Waals surface area contributed by atoms with Crippen LogP contribution in [-0.4, -0.2) is 99.7 Å². The molecule has 0 bridgehead atoms. The second kappa shape index (κ2) is 21.8. The smallest absolute Gasteiger partial charge is 0.228 e. The summed E-state index contributed by atoms with van der Waals surface area (Å²) in [6, 6.07) is 25.7. The Morgan fingerprint density at radius 3 is 1.25 bits per heavy atom. The third-order valence-corrected chi connectivity index (χ3v) is 11.9. The molecule has 0 aromatic heterocycles. The summed E-state index contributed by atoms with van der Waals surface area (Å²) in [5.74, 6) is -0.594. The highest BCUT2D eigenvalue weighted by molar-refractivity contribution is 8.00. The Kier molecular flexibility index (Phi) is 19.6. The normalized spacial score (nSPS) is 12.1. The summed E-state index contributed by atoms with van der Waals surface area (Å²) in [5.41, 5.74) is 9.22. The van der Waals surface area contributed by atoms with Gasteiger partial charge in [0.15, 0.2) is 0 Å². The van der Waals surface area contributed by atoms with Crippen molar-refractivity contribution in [2.24, 2.45) is 0 Å². The van der Waals surface area contributed by atoms with E-state index < -0.39 is 20.2 Å². The molecule has 0 unspecified atom stereocenters. The number of nitrogens with one attached hydrogen (secondary N) is 3. The van der Waals surface area contributed by atoms with Gasteiger partial charge in [-0.05, 0) is 48.5 Å². The van der Waals surface area contributed by atoms with Crippen LogP contribution in [0.4, 0.5) is 45.5 Å². The third kappa shape index (κ3) is 14.8. The van der Waals surface area contributed by atoms with Crippen LogP contribution in [0.3, 0.4) is 0 Å². The van der Waals surface area contributed by atoms with Crippen LogP contribution in [0.15, 0.2) is 92.4 Å². The molecule has 2 aliphatic heterocycles. The number of benzene rings is 4. The van der Waals surface area contributed by atoms with Crippen molar-refractivity contribution >= 4 is 95.2 Å². The van der Waals surface area contributed by atoms with Gasteiger partial charge in [-0.15, -0.1) is 0 Å². The number of rotatable bonds is 6. The van der Waals surface area contributed by atoms with Gasteiger partial charge in [0.25, 0.3) is 0 Å². The summed E-state index contributed by atoms with van der Waals surface area (Å²) >= 11 is 3.58. The first kappa shape index (κ1) is 51.2. The van der Waals surface area contributed by atoms with Crippen LogP contribution < -0.4 is 29.8 Å². The first-order valence-corrected chi connectivity index (χ1v) is 22.2. The highest BCUT2D eigenvalue weighted by Gasteiger charge is 2.27. The van der Waals surface area contributed by atoms with Gasteiger partial charge < -0.3 is 34.0 Å². The molecule has 57 heavy (non-hydrogen) atoms. The zero-order valence-corrected chi connectivity index (χ0v) is 36.4. The largest absolute Gasteiger partial charge is 0.748 e. The Morgan fingerprint density at radius 1 is 0.632 bits per heavy atom. The van der Waals surface area contributed by atoms with Crippen molar-refractivity contribution in [2.45, 2.75) is 55.2 Å². The molecule has 2 heterocycles. The molecule has 316 valence electrons. The number of hydrogen-bond donors (Lipinski definition) is 3. The molecule has 13 nitrogen and oxygen atoms in total. The average molecular weight is 865 g/mol. The summed E-state index contributed by atoms with van der Waals surface area (Å²) in [7, 11) is 8.90. The standard InChI is InChI=1S/C18H21N3OS.C16H19N3S.2C2H6O3S.2CH4/c1-12(22)21-15-8-6-13(19(2)3)10-17(15)23-18-11-14(20(4)5)7-9-16(18)21;1-18(2)11-5-7-13-15(9-11)20-16-10-12(19(3)4)6-8-14(16)17-13;2*1-2-6(3,4)5;;/h6-11H,1-5H3;5-10,17H,1-4H3;2*2H2,1H3,(H,3,4,5);2*1H4. The van der Waals surface area contributed by atoms with Crippen LogP contribution in [0.25, 0.3) is 0 Å². The quantitative estimate of drug-likeness (QED) is 0.177. The lowest BCUT2D eigenvalue weighted by atomic mass is 10.2. The molecule has 17 heteroatoms. The fourth-order valence-corrected chi connectivity index (χ4v) is 7.18. The minimum atomic E-state index is -3.91. The van der Waals surface area contributed by atoms with Gasteiger partial charge in [0.1, 0.15) is 11.4 Å². The summed E-state index contributed by atoms with van der Waals surface area (Å²) in [4.78, 5) is 25.7. The van der Waals surface area contributed by atoms with Crippen molar-refractivity contribution in [1.82, 2.24) is 0 Å². The summed E-state index contributed by atoms with van der Waals surface area (Å²) in [6.07, 6.45) is 0. The highest BCUT2D eigenvalue weighted by atomic mass is 32.2. The Hall–Kier alpha value is -3.81. The van der Waals surface area contributed by atoms with Gasteiger partial charge in [0.2, 0.25) is 5.91 Å². The lowest BCUT2D eigenvalue weighted by Gasteiger charge is -2.32. The van der Waals surface area contributed by atoms with E-state index in [-0.39, 0.29) is 32.3 Å². The maximum atomic E-state index is 12.3. The lowest BCUT2D eigenvalue weighted by Crippen LogP contribution is -3.00. The molecular weight excluding hydrogens is 805 g/mol. The van der Waals surface area contributed by atoms with E-state index in [0.717, 1.165) is 32.5 Å². The van der Waals surface area contributed by atoms with Crippen molar-refractivity contribution in [2.75, 3.05) is 87.9 Å². The number of hydrogen-bond acceptors (Lipinski definition) is 12. The second-order valence-corrected chi connectivity index (χ2v) is 18.9. The summed E-state index contributed by atoms with van der Waals surface area (Å²) in [6.45, 7) is 4.23. The minimum Gasteiger partial charge on any atom is -0.748 e. The van der Waals surface area contributed by atoms with E-state index in [0.29, 0.717) is 0 Å². The van der Waals surface area contributed by atoms with Crippen molar-refractivity contribution in [3.05, 3.63) is 72.8 Å². The molecule has 0 aliphatic carbocycles. The lowest BCUT2D eigenvalue weighted by molar-refractivity contribution is -0.786. The zero-order valence-electron chi connectivity index (χ0n) is 33.2. The van der Waals surface area contributed by atoms with Crippen LogP contribution >= 0.6 is 23.5 Å². The van der Waals surface area contributed by atoms with Crippen molar-refractivity contribution in [3.8, 4) is 0 Å². The van der Waals surface area contributed by atoms with Crippen LogP contribution in [-0.2, 0) is 25.0 Å². The Bertz CT molecular complexity index is 2050. The van der Waals surface area contributed by atoms with Crippen molar-refractivity contribution < 1.29 is 40.5 Å². The first-order valence-electron chi connectivity index (χ1n) is 17.4. The van der Waals surface area contributed by atoms with E-state index in [4.69, 9.17) is 0 Å². The predicted octanol–water partition coefficient (Wildman–Crippen LogP) is 5.79. The van der Waals surface area contributed by atoms with Gasteiger partial charge >= 0.3 is 0 Å². The number of fused-ring (bicyclic) bond motifs is 4. The number of amides is 1. The fraction of sp³-hybridized carbons (Fsp3) is 0.375. The van der Waals surface area contributed by atoms with Gasteiger partial charge in [-0.2, -0.15) is 0 Å². The van der Waals surface area contributed by atoms with Gasteiger partial charge in [-0.1, -0.05) is 52.2 Å².